The molecule has 0 saturated carbocycles. The van der Waals surface area contributed by atoms with Crippen molar-refractivity contribution in [3.63, 3.8) is 0 Å². The summed E-state index contributed by atoms with van der Waals surface area (Å²) >= 11 is 0. The highest BCUT2D eigenvalue weighted by atomic mass is 16.2. The van der Waals surface area contributed by atoms with E-state index in [0.717, 1.165) is 11.1 Å². The first kappa shape index (κ1) is 19.6. The van der Waals surface area contributed by atoms with Crippen LogP contribution in [0, 0.1) is 0 Å². The first-order valence-electron chi connectivity index (χ1n) is 10.4. The van der Waals surface area contributed by atoms with E-state index in [4.69, 9.17) is 0 Å². The summed E-state index contributed by atoms with van der Waals surface area (Å²) in [5.74, 6) is -1.30. The molecule has 154 valence electrons. The van der Waals surface area contributed by atoms with Crippen LogP contribution in [0.4, 0.5) is 5.69 Å². The molecule has 4 nitrogen and oxygen atoms in total. The molecule has 0 unspecified atom stereocenters. The quantitative estimate of drug-likeness (QED) is 0.435. The van der Waals surface area contributed by atoms with Crippen molar-refractivity contribution in [1.29, 1.82) is 0 Å². The van der Waals surface area contributed by atoms with Crippen molar-refractivity contribution in [2.45, 2.75) is 5.92 Å². The maximum atomic E-state index is 13.5. The molecule has 4 aromatic rings. The van der Waals surface area contributed by atoms with Crippen LogP contribution < -0.4 is 5.32 Å². The highest BCUT2D eigenvalue weighted by molar-refractivity contribution is 6.30. The monoisotopic (exact) mass is 417 g/mol. The van der Waals surface area contributed by atoms with Crippen molar-refractivity contribution in [2.75, 3.05) is 5.32 Å². The van der Waals surface area contributed by atoms with Gasteiger partial charge in [0.15, 0.2) is 11.6 Å². The van der Waals surface area contributed by atoms with E-state index in [-0.39, 0.29) is 23.0 Å². The molecular formula is C28H19NO3. The number of hydrogen-bond donors (Lipinski definition) is 1. The lowest BCUT2D eigenvalue weighted by Crippen LogP contribution is -2.26. The second-order valence-electron chi connectivity index (χ2n) is 7.68. The Kier molecular flexibility index (Phi) is 4.96. The van der Waals surface area contributed by atoms with Crippen molar-refractivity contribution in [3.8, 4) is 0 Å². The molecule has 0 fully saturated rings. The van der Waals surface area contributed by atoms with Gasteiger partial charge >= 0.3 is 0 Å². The fourth-order valence-electron chi connectivity index (χ4n) is 4.24. The van der Waals surface area contributed by atoms with Gasteiger partial charge in [0.2, 0.25) is 5.91 Å². The van der Waals surface area contributed by atoms with E-state index in [1.54, 1.807) is 42.5 Å². The lowest BCUT2D eigenvalue weighted by molar-refractivity contribution is -0.116. The highest BCUT2D eigenvalue weighted by Crippen LogP contribution is 2.33. The van der Waals surface area contributed by atoms with Gasteiger partial charge in [0.25, 0.3) is 0 Å². The molecule has 0 aliphatic heterocycles. The lowest BCUT2D eigenvalue weighted by atomic mass is 9.83. The molecule has 1 aliphatic rings. The van der Waals surface area contributed by atoms with Crippen molar-refractivity contribution in [1.82, 2.24) is 0 Å². The van der Waals surface area contributed by atoms with E-state index in [2.05, 4.69) is 5.32 Å². The molecule has 0 heterocycles. The summed E-state index contributed by atoms with van der Waals surface area (Å²) in [6, 6.07) is 30.8. The Morgan fingerprint density at radius 3 is 1.66 bits per heavy atom. The van der Waals surface area contributed by atoms with Crippen LogP contribution in [-0.2, 0) is 4.79 Å². The number of ketones is 2. The fraction of sp³-hybridized carbons (Fsp3) is 0.0357. The van der Waals surface area contributed by atoms with Gasteiger partial charge in [-0.2, -0.15) is 0 Å². The predicted octanol–water partition coefficient (Wildman–Crippen LogP) is 5.23. The third-order valence-electron chi connectivity index (χ3n) is 5.74. The molecule has 0 radical (unpaired) electrons. The number of hydrogen-bond acceptors (Lipinski definition) is 3. The van der Waals surface area contributed by atoms with Crippen molar-refractivity contribution in [3.05, 3.63) is 137 Å². The lowest BCUT2D eigenvalue weighted by Gasteiger charge is -2.22. The zero-order valence-electron chi connectivity index (χ0n) is 17.1. The summed E-state index contributed by atoms with van der Waals surface area (Å²) in [6.45, 7) is 0. The number of rotatable bonds is 4. The Bertz CT molecular complexity index is 1300. The van der Waals surface area contributed by atoms with E-state index >= 15 is 0 Å². The minimum atomic E-state index is -0.560. The third kappa shape index (κ3) is 3.32. The minimum Gasteiger partial charge on any atom is -0.325 e. The van der Waals surface area contributed by atoms with Crippen LogP contribution in [0.1, 0.15) is 48.9 Å². The summed E-state index contributed by atoms with van der Waals surface area (Å²) < 4.78 is 0. The van der Waals surface area contributed by atoms with Crippen LogP contribution in [0.5, 0.6) is 0 Å². The SMILES string of the molecule is O=C1c2ccccc2C(=O)c2c(NC(=O)C(c3ccccc3)c3ccccc3)cccc21. The van der Waals surface area contributed by atoms with Gasteiger partial charge in [-0.05, 0) is 17.2 Å². The summed E-state index contributed by atoms with van der Waals surface area (Å²) in [4.78, 5) is 39.8. The van der Waals surface area contributed by atoms with E-state index in [0.29, 0.717) is 22.4 Å². The van der Waals surface area contributed by atoms with Gasteiger partial charge in [0.05, 0.1) is 17.2 Å². The number of carbonyl (C=O) groups excluding carboxylic acids is 3. The topological polar surface area (TPSA) is 63.2 Å². The van der Waals surface area contributed by atoms with Gasteiger partial charge in [-0.25, -0.2) is 0 Å². The molecule has 0 atom stereocenters. The number of amides is 1. The highest BCUT2D eigenvalue weighted by Gasteiger charge is 2.32. The van der Waals surface area contributed by atoms with Gasteiger partial charge in [0.1, 0.15) is 0 Å². The van der Waals surface area contributed by atoms with E-state index in [1.807, 2.05) is 60.7 Å². The predicted molar refractivity (Wildman–Crippen MR) is 123 cm³/mol. The van der Waals surface area contributed by atoms with Crippen LogP contribution >= 0.6 is 0 Å². The largest absolute Gasteiger partial charge is 0.325 e. The fourth-order valence-corrected chi connectivity index (χ4v) is 4.24. The van der Waals surface area contributed by atoms with Crippen LogP contribution in [-0.4, -0.2) is 17.5 Å². The molecule has 0 aromatic heterocycles. The number of anilines is 1. The molecule has 1 N–H and O–H groups in total. The standard InChI is InChI=1S/C28H19NO3/c30-26-20-14-7-8-15-21(20)27(31)25-22(26)16-9-17-23(25)29-28(32)24(18-10-3-1-4-11-18)19-12-5-2-6-13-19/h1-17,24H,(H,29,32). The summed E-state index contributed by atoms with van der Waals surface area (Å²) in [5.41, 5.74) is 3.32. The van der Waals surface area contributed by atoms with Gasteiger partial charge in [-0.1, -0.05) is 97.1 Å². The van der Waals surface area contributed by atoms with Crippen LogP contribution in [0.2, 0.25) is 0 Å². The number of fused-ring (bicyclic) bond motifs is 2. The number of benzene rings is 4. The molecule has 0 bridgehead atoms. The van der Waals surface area contributed by atoms with Gasteiger partial charge in [-0.3, -0.25) is 14.4 Å². The first-order valence-corrected chi connectivity index (χ1v) is 10.4. The smallest absolute Gasteiger partial charge is 0.236 e. The molecule has 0 spiro atoms. The van der Waals surface area contributed by atoms with Crippen LogP contribution in [0.15, 0.2) is 103 Å². The number of carbonyl (C=O) groups is 3. The maximum absolute atomic E-state index is 13.5. The molecular weight excluding hydrogens is 398 g/mol. The Morgan fingerprint density at radius 1 is 0.562 bits per heavy atom. The van der Waals surface area contributed by atoms with E-state index in [9.17, 15) is 14.4 Å². The molecule has 32 heavy (non-hydrogen) atoms. The molecule has 5 rings (SSSR count). The van der Waals surface area contributed by atoms with Crippen LogP contribution in [0.3, 0.4) is 0 Å². The Morgan fingerprint density at radius 2 is 1.06 bits per heavy atom. The van der Waals surface area contributed by atoms with Gasteiger partial charge < -0.3 is 5.32 Å². The third-order valence-corrected chi connectivity index (χ3v) is 5.74. The summed E-state index contributed by atoms with van der Waals surface area (Å²) in [5, 5.41) is 2.94. The second-order valence-corrected chi connectivity index (χ2v) is 7.68. The molecule has 4 heteroatoms. The molecule has 0 saturated heterocycles. The molecule has 4 aromatic carbocycles. The van der Waals surface area contributed by atoms with E-state index < -0.39 is 5.92 Å². The zero-order valence-corrected chi connectivity index (χ0v) is 17.1. The average Bonchev–Trinajstić information content (AvgIpc) is 2.84. The number of nitrogens with one attached hydrogen (secondary N) is 1. The minimum absolute atomic E-state index is 0.214. The zero-order chi connectivity index (χ0) is 22.1. The second kappa shape index (κ2) is 8.08. The first-order chi connectivity index (χ1) is 15.6. The van der Waals surface area contributed by atoms with Crippen molar-refractivity contribution >= 4 is 23.2 Å². The summed E-state index contributed by atoms with van der Waals surface area (Å²) in [7, 11) is 0. The molecule has 1 aliphatic carbocycles. The normalized spacial score (nSPS) is 12.3. The van der Waals surface area contributed by atoms with Gasteiger partial charge in [-0.15, -0.1) is 0 Å². The Balaban J connectivity index is 1.56. The maximum Gasteiger partial charge on any atom is 0.236 e. The van der Waals surface area contributed by atoms with Crippen molar-refractivity contribution in [2.24, 2.45) is 0 Å². The summed E-state index contributed by atoms with van der Waals surface area (Å²) in [6.07, 6.45) is 0. The van der Waals surface area contributed by atoms with Gasteiger partial charge in [0, 0.05) is 16.7 Å². The molecule has 1 amide bonds. The Labute approximate surface area is 185 Å². The van der Waals surface area contributed by atoms with E-state index in [1.165, 1.54) is 0 Å². The van der Waals surface area contributed by atoms with Crippen LogP contribution in [0.25, 0.3) is 0 Å². The Hall–Kier alpha value is -4.31. The van der Waals surface area contributed by atoms with Crippen molar-refractivity contribution < 1.29 is 14.4 Å². The average molecular weight is 417 g/mol.